The average molecular weight is 491 g/mol. The first kappa shape index (κ1) is 23.9. The van der Waals surface area contributed by atoms with Gasteiger partial charge in [0, 0.05) is 13.6 Å². The van der Waals surface area contributed by atoms with Gasteiger partial charge < -0.3 is 19.9 Å². The summed E-state index contributed by atoms with van der Waals surface area (Å²) in [5, 5.41) is 16.2. The van der Waals surface area contributed by atoms with Crippen molar-refractivity contribution >= 4 is 12.1 Å². The van der Waals surface area contributed by atoms with Crippen LogP contribution in [-0.2, 0) is 18.4 Å². The zero-order valence-corrected chi connectivity index (χ0v) is 20.2. The van der Waals surface area contributed by atoms with Crippen molar-refractivity contribution in [2.45, 2.75) is 31.6 Å². The van der Waals surface area contributed by atoms with Crippen LogP contribution in [0, 0.1) is 5.92 Å². The number of aromatic carboxylic acids is 1. The number of amides is 1. The number of carbonyl (C=O) groups excluding carboxylic acids is 1. The molecule has 1 amide bonds. The average Bonchev–Trinajstić information content (AvgIpc) is 3.28. The van der Waals surface area contributed by atoms with Crippen molar-refractivity contribution in [3.8, 4) is 5.75 Å². The second kappa shape index (κ2) is 10.4. The summed E-state index contributed by atoms with van der Waals surface area (Å²) < 4.78 is 13.3. The van der Waals surface area contributed by atoms with Crippen molar-refractivity contribution in [3.05, 3.63) is 83.2 Å². The number of ether oxygens (including phenoxy) is 2. The Hall–Kier alpha value is -3.85. The lowest BCUT2D eigenvalue weighted by Gasteiger charge is -2.43. The second-order valence-corrected chi connectivity index (χ2v) is 9.38. The first-order chi connectivity index (χ1) is 17.5. The molecule has 9 heteroatoms. The summed E-state index contributed by atoms with van der Waals surface area (Å²) >= 11 is 0. The minimum Gasteiger partial charge on any atom is -0.487 e. The summed E-state index contributed by atoms with van der Waals surface area (Å²) in [6.45, 7) is 3.13. The molecular weight excluding hydrogens is 460 g/mol. The number of fused-ring (bicyclic) bond motifs is 3. The number of alkyl carbamates (subject to hydrolysis) is 1. The maximum Gasteiger partial charge on any atom is 0.408 e. The van der Waals surface area contributed by atoms with Gasteiger partial charge >= 0.3 is 12.1 Å². The zero-order valence-electron chi connectivity index (χ0n) is 20.2. The molecule has 2 bridgehead atoms. The molecule has 0 radical (unpaired) electrons. The molecule has 0 saturated carbocycles. The largest absolute Gasteiger partial charge is 0.487 e. The highest BCUT2D eigenvalue weighted by atomic mass is 16.6. The fraction of sp³-hybridized carbons (Fsp3) is 0.370. The number of hydrogen-bond donors (Lipinski definition) is 2. The topological polar surface area (TPSA) is 106 Å². The number of benzene rings is 2. The molecule has 188 valence electrons. The van der Waals surface area contributed by atoms with Crippen molar-refractivity contribution in [1.29, 1.82) is 0 Å². The van der Waals surface area contributed by atoms with E-state index >= 15 is 0 Å². The van der Waals surface area contributed by atoms with Crippen LogP contribution in [0.15, 0.2) is 60.7 Å². The molecule has 0 aliphatic carbocycles. The molecule has 6 rings (SSSR count). The summed E-state index contributed by atoms with van der Waals surface area (Å²) in [4.78, 5) is 26.5. The van der Waals surface area contributed by atoms with Crippen LogP contribution in [0.25, 0.3) is 0 Å². The molecular formula is C27H30N4O5. The number of carboxylic acids is 1. The van der Waals surface area contributed by atoms with Crippen molar-refractivity contribution in [3.63, 3.8) is 0 Å². The minimum atomic E-state index is -1.08. The SMILES string of the molecule is Cn1nc(C(=O)O)cc1COc1cccc(C(NC(=O)OC2CN3CCC2CC3)c2ccccc2)c1. The quantitative estimate of drug-likeness (QED) is 0.497. The molecule has 0 spiro atoms. The van der Waals surface area contributed by atoms with Crippen LogP contribution in [0.3, 0.4) is 0 Å². The third-order valence-corrected chi connectivity index (χ3v) is 7.02. The normalized spacial score (nSPS) is 21.5. The number of carbonyl (C=O) groups is 2. The van der Waals surface area contributed by atoms with E-state index in [1.54, 1.807) is 7.05 Å². The highest BCUT2D eigenvalue weighted by molar-refractivity contribution is 5.85. The van der Waals surface area contributed by atoms with Crippen LogP contribution in [-0.4, -0.2) is 57.6 Å². The first-order valence-electron chi connectivity index (χ1n) is 12.2. The maximum atomic E-state index is 13.0. The van der Waals surface area contributed by atoms with Crippen LogP contribution in [0.5, 0.6) is 5.75 Å². The first-order valence-corrected chi connectivity index (χ1v) is 12.2. The van der Waals surface area contributed by atoms with Crippen LogP contribution in [0.1, 0.15) is 46.2 Å². The van der Waals surface area contributed by atoms with E-state index in [4.69, 9.17) is 14.6 Å². The Bertz CT molecular complexity index is 1220. The molecule has 3 aliphatic heterocycles. The van der Waals surface area contributed by atoms with E-state index in [-0.39, 0.29) is 18.4 Å². The van der Waals surface area contributed by atoms with Gasteiger partial charge in [0.2, 0.25) is 0 Å². The van der Waals surface area contributed by atoms with E-state index in [0.29, 0.717) is 17.4 Å². The summed E-state index contributed by atoms with van der Waals surface area (Å²) in [5.41, 5.74) is 2.38. The molecule has 2 atom stereocenters. The van der Waals surface area contributed by atoms with E-state index in [1.807, 2.05) is 54.6 Å². The number of nitrogens with zero attached hydrogens (tertiary/aromatic N) is 3. The molecule has 2 N–H and O–H groups in total. The van der Waals surface area contributed by atoms with E-state index in [2.05, 4.69) is 15.3 Å². The summed E-state index contributed by atoms with van der Waals surface area (Å²) in [6, 6.07) is 18.3. The number of piperidine rings is 3. The number of nitrogens with one attached hydrogen (secondary N) is 1. The summed E-state index contributed by atoms with van der Waals surface area (Å²) in [7, 11) is 1.68. The van der Waals surface area contributed by atoms with Gasteiger partial charge in [-0.3, -0.25) is 9.58 Å². The third kappa shape index (κ3) is 5.36. The van der Waals surface area contributed by atoms with Crippen molar-refractivity contribution in [2.24, 2.45) is 13.0 Å². The van der Waals surface area contributed by atoms with Gasteiger partial charge in [-0.05, 0) is 61.2 Å². The zero-order chi connectivity index (χ0) is 25.1. The molecule has 4 heterocycles. The van der Waals surface area contributed by atoms with E-state index in [1.165, 1.54) is 10.7 Å². The lowest BCUT2D eigenvalue weighted by molar-refractivity contribution is -0.0336. The predicted octanol–water partition coefficient (Wildman–Crippen LogP) is 3.61. The number of hydrogen-bond acceptors (Lipinski definition) is 6. The fourth-order valence-electron chi connectivity index (χ4n) is 5.02. The molecule has 36 heavy (non-hydrogen) atoms. The van der Waals surface area contributed by atoms with Gasteiger partial charge in [-0.1, -0.05) is 42.5 Å². The summed E-state index contributed by atoms with van der Waals surface area (Å²) in [6.07, 6.45) is 1.65. The predicted molar refractivity (Wildman–Crippen MR) is 132 cm³/mol. The van der Waals surface area contributed by atoms with E-state index in [0.717, 1.165) is 43.6 Å². The van der Waals surface area contributed by atoms with Crippen molar-refractivity contribution in [1.82, 2.24) is 20.0 Å². The Kier molecular flexibility index (Phi) is 6.90. The fourth-order valence-corrected chi connectivity index (χ4v) is 5.02. The maximum absolute atomic E-state index is 13.0. The Morgan fingerprint density at radius 3 is 2.50 bits per heavy atom. The number of rotatable bonds is 8. The smallest absolute Gasteiger partial charge is 0.408 e. The third-order valence-electron chi connectivity index (χ3n) is 7.02. The number of aryl methyl sites for hydroxylation is 1. The Morgan fingerprint density at radius 2 is 1.83 bits per heavy atom. The van der Waals surface area contributed by atoms with Gasteiger partial charge in [-0.2, -0.15) is 5.10 Å². The monoisotopic (exact) mass is 490 g/mol. The van der Waals surface area contributed by atoms with E-state index in [9.17, 15) is 9.59 Å². The van der Waals surface area contributed by atoms with Crippen molar-refractivity contribution < 1.29 is 24.2 Å². The minimum absolute atomic E-state index is 0.0281. The van der Waals surface area contributed by atoms with Gasteiger partial charge in [0.1, 0.15) is 18.5 Å². The van der Waals surface area contributed by atoms with Gasteiger partial charge in [-0.15, -0.1) is 0 Å². The van der Waals surface area contributed by atoms with Gasteiger partial charge in [0.05, 0.1) is 11.7 Å². The molecule has 2 unspecified atom stereocenters. The molecule has 3 aliphatic rings. The molecule has 1 aromatic heterocycles. The summed E-state index contributed by atoms with van der Waals surface area (Å²) in [5.74, 6) is -0.0545. The Balaban J connectivity index is 1.31. The van der Waals surface area contributed by atoms with Crippen molar-refractivity contribution in [2.75, 3.05) is 19.6 Å². The van der Waals surface area contributed by atoms with Crippen LogP contribution < -0.4 is 10.1 Å². The Morgan fingerprint density at radius 1 is 1.08 bits per heavy atom. The van der Waals surface area contributed by atoms with Gasteiger partial charge in [-0.25, -0.2) is 9.59 Å². The van der Waals surface area contributed by atoms with Crippen LogP contribution in [0.2, 0.25) is 0 Å². The van der Waals surface area contributed by atoms with Gasteiger partial charge in [0.25, 0.3) is 0 Å². The molecule has 3 aromatic rings. The lowest BCUT2D eigenvalue weighted by atomic mass is 9.86. The molecule has 9 nitrogen and oxygen atoms in total. The molecule has 3 saturated heterocycles. The van der Waals surface area contributed by atoms with Gasteiger partial charge in [0.15, 0.2) is 5.69 Å². The lowest BCUT2D eigenvalue weighted by Crippen LogP contribution is -2.52. The van der Waals surface area contributed by atoms with Crippen LogP contribution in [0.4, 0.5) is 4.79 Å². The highest BCUT2D eigenvalue weighted by Crippen LogP contribution is 2.30. The second-order valence-electron chi connectivity index (χ2n) is 9.38. The van der Waals surface area contributed by atoms with Crippen LogP contribution >= 0.6 is 0 Å². The van der Waals surface area contributed by atoms with E-state index < -0.39 is 18.1 Å². The molecule has 3 fully saturated rings. The highest BCUT2D eigenvalue weighted by Gasteiger charge is 2.36. The molecule has 2 aromatic carbocycles. The number of carboxylic acid groups (broad SMARTS) is 1. The Labute approximate surface area is 209 Å². The standard InChI is InChI=1S/C27H30N4O5/c1-30-21(15-23(29-30)26(32)33)17-35-22-9-5-8-20(14-22)25(19-6-3-2-4-7-19)28-27(34)36-24-16-31-12-10-18(24)11-13-31/h2-9,14-15,18,24-25H,10-13,16-17H2,1H3,(H,28,34)(H,32,33). The number of aromatic nitrogens is 2.